The van der Waals surface area contributed by atoms with E-state index in [2.05, 4.69) is 25.8 Å². The van der Waals surface area contributed by atoms with E-state index in [-0.39, 0.29) is 0 Å². The summed E-state index contributed by atoms with van der Waals surface area (Å²) in [5.41, 5.74) is 1.22. The summed E-state index contributed by atoms with van der Waals surface area (Å²) in [6.07, 6.45) is 0. The molecule has 0 aliphatic rings. The van der Waals surface area contributed by atoms with E-state index >= 15 is 0 Å². The van der Waals surface area contributed by atoms with E-state index in [9.17, 15) is 0 Å². The number of pyridine rings is 1. The first kappa shape index (κ1) is 13.4. The molecule has 0 radical (unpaired) electrons. The van der Waals surface area contributed by atoms with Gasteiger partial charge in [-0.3, -0.25) is 0 Å². The SMILES string of the molecule is [C-]#[N+]C(c1cccc(Br)n1)c1c(Cl)cccc1Cl. The van der Waals surface area contributed by atoms with Crippen LogP contribution in [0, 0.1) is 6.57 Å². The number of hydrogen-bond acceptors (Lipinski definition) is 1. The van der Waals surface area contributed by atoms with Gasteiger partial charge in [-0.1, -0.05) is 35.3 Å². The lowest BCUT2D eigenvalue weighted by atomic mass is 10.0. The molecule has 0 saturated carbocycles. The summed E-state index contributed by atoms with van der Waals surface area (Å²) in [4.78, 5) is 7.88. The molecule has 0 aliphatic carbocycles. The van der Waals surface area contributed by atoms with Gasteiger partial charge in [-0.25, -0.2) is 11.6 Å². The quantitative estimate of drug-likeness (QED) is 0.544. The lowest BCUT2D eigenvalue weighted by molar-refractivity contribution is 0.941. The third kappa shape index (κ3) is 2.67. The number of nitrogens with zero attached hydrogens (tertiary/aromatic N) is 2. The molecule has 0 N–H and O–H groups in total. The van der Waals surface area contributed by atoms with Gasteiger partial charge in [-0.2, -0.15) is 0 Å². The lowest BCUT2D eigenvalue weighted by Gasteiger charge is -2.09. The topological polar surface area (TPSA) is 17.2 Å². The molecule has 1 aromatic carbocycles. The monoisotopic (exact) mass is 340 g/mol. The summed E-state index contributed by atoms with van der Waals surface area (Å²) in [5.74, 6) is 0. The maximum atomic E-state index is 7.35. The van der Waals surface area contributed by atoms with Crippen LogP contribution in [-0.2, 0) is 0 Å². The van der Waals surface area contributed by atoms with E-state index < -0.39 is 6.04 Å². The van der Waals surface area contributed by atoms with Gasteiger partial charge in [-0.05, 0) is 40.2 Å². The minimum atomic E-state index is -0.594. The Hall–Kier alpha value is -1.08. The van der Waals surface area contributed by atoms with Crippen LogP contribution in [0.3, 0.4) is 0 Å². The van der Waals surface area contributed by atoms with Crippen LogP contribution in [0.5, 0.6) is 0 Å². The molecule has 1 unspecified atom stereocenters. The van der Waals surface area contributed by atoms with Crippen molar-refractivity contribution >= 4 is 39.1 Å². The van der Waals surface area contributed by atoms with Gasteiger partial charge >= 0.3 is 0 Å². The van der Waals surface area contributed by atoms with Crippen LogP contribution >= 0.6 is 39.1 Å². The van der Waals surface area contributed by atoms with Crippen LogP contribution in [0.2, 0.25) is 10.0 Å². The Morgan fingerprint density at radius 3 is 2.28 bits per heavy atom. The standard InChI is InChI=1S/C13H7BrCl2N2/c1-17-13(10-6-3-7-11(14)18-10)12-8(15)4-2-5-9(12)16/h2-7,13H. The van der Waals surface area contributed by atoms with Crippen molar-refractivity contribution in [2.24, 2.45) is 0 Å². The zero-order chi connectivity index (χ0) is 13.1. The average Bonchev–Trinajstić information content (AvgIpc) is 2.34. The first-order valence-electron chi connectivity index (χ1n) is 5.06. The van der Waals surface area contributed by atoms with Crippen molar-refractivity contribution in [3.63, 3.8) is 0 Å². The van der Waals surface area contributed by atoms with E-state index in [0.29, 0.717) is 25.9 Å². The Morgan fingerprint density at radius 2 is 1.72 bits per heavy atom. The highest BCUT2D eigenvalue weighted by molar-refractivity contribution is 9.10. The molecule has 1 heterocycles. The third-order valence-electron chi connectivity index (χ3n) is 2.42. The van der Waals surface area contributed by atoms with Gasteiger partial charge in [0, 0.05) is 0 Å². The Labute approximate surface area is 124 Å². The molecule has 5 heteroatoms. The molecule has 0 spiro atoms. The fourth-order valence-corrected chi connectivity index (χ4v) is 2.59. The number of benzene rings is 1. The maximum absolute atomic E-state index is 7.35. The fourth-order valence-electron chi connectivity index (χ4n) is 1.63. The number of halogens is 3. The van der Waals surface area contributed by atoms with Crippen molar-refractivity contribution in [1.29, 1.82) is 0 Å². The number of hydrogen-bond donors (Lipinski definition) is 0. The summed E-state index contributed by atoms with van der Waals surface area (Å²) in [7, 11) is 0. The number of aromatic nitrogens is 1. The lowest BCUT2D eigenvalue weighted by Crippen LogP contribution is -2.01. The van der Waals surface area contributed by atoms with Crippen molar-refractivity contribution in [2.45, 2.75) is 6.04 Å². The highest BCUT2D eigenvalue weighted by Gasteiger charge is 2.26. The Morgan fingerprint density at radius 1 is 1.11 bits per heavy atom. The van der Waals surface area contributed by atoms with Crippen LogP contribution in [-0.4, -0.2) is 4.98 Å². The van der Waals surface area contributed by atoms with Gasteiger partial charge in [0.25, 0.3) is 6.04 Å². The fraction of sp³-hybridized carbons (Fsp3) is 0.0769. The normalized spacial score (nSPS) is 11.9. The Balaban J connectivity index is 2.57. The van der Waals surface area contributed by atoms with Gasteiger partial charge < -0.3 is 4.85 Å². The molecule has 1 atom stereocenters. The van der Waals surface area contributed by atoms with E-state index in [4.69, 9.17) is 29.8 Å². The second-order valence-electron chi connectivity index (χ2n) is 3.55. The average molecular weight is 342 g/mol. The van der Waals surface area contributed by atoms with E-state index in [1.165, 1.54) is 0 Å². The van der Waals surface area contributed by atoms with Crippen LogP contribution < -0.4 is 0 Å². The van der Waals surface area contributed by atoms with Gasteiger partial charge in [-0.15, -0.1) is 0 Å². The van der Waals surface area contributed by atoms with Crippen molar-refractivity contribution < 1.29 is 0 Å². The predicted octanol–water partition coefficient (Wildman–Crippen LogP) is 5.16. The smallest absolute Gasteiger partial charge is 0.293 e. The zero-order valence-electron chi connectivity index (χ0n) is 9.07. The molecule has 0 bridgehead atoms. The van der Waals surface area contributed by atoms with Crippen molar-refractivity contribution in [3.05, 3.63) is 73.7 Å². The van der Waals surface area contributed by atoms with Crippen molar-refractivity contribution in [1.82, 2.24) is 4.98 Å². The summed E-state index contributed by atoms with van der Waals surface area (Å²) in [5, 5.41) is 0.954. The summed E-state index contributed by atoms with van der Waals surface area (Å²) in [6.45, 7) is 7.35. The van der Waals surface area contributed by atoms with Crippen LogP contribution in [0.25, 0.3) is 4.85 Å². The van der Waals surface area contributed by atoms with Crippen LogP contribution in [0.4, 0.5) is 0 Å². The summed E-state index contributed by atoms with van der Waals surface area (Å²) in [6, 6.07) is 10.0. The molecule has 2 nitrogen and oxygen atoms in total. The van der Waals surface area contributed by atoms with E-state index in [1.807, 2.05) is 6.07 Å². The van der Waals surface area contributed by atoms with Gasteiger partial charge in [0.15, 0.2) is 0 Å². The van der Waals surface area contributed by atoms with Gasteiger partial charge in [0.05, 0.1) is 15.6 Å². The maximum Gasteiger partial charge on any atom is 0.293 e. The second-order valence-corrected chi connectivity index (χ2v) is 5.18. The predicted molar refractivity (Wildman–Crippen MR) is 76.8 cm³/mol. The molecule has 0 aliphatic heterocycles. The molecule has 0 amide bonds. The summed E-state index contributed by atoms with van der Waals surface area (Å²) >= 11 is 15.5. The molecule has 0 fully saturated rings. The van der Waals surface area contributed by atoms with Gasteiger partial charge in [0.2, 0.25) is 0 Å². The molecule has 2 rings (SSSR count). The molecule has 1 aromatic heterocycles. The molecule has 18 heavy (non-hydrogen) atoms. The Bertz CT molecular complexity index is 602. The highest BCUT2D eigenvalue weighted by atomic mass is 79.9. The third-order valence-corrected chi connectivity index (χ3v) is 3.52. The van der Waals surface area contributed by atoms with Crippen LogP contribution in [0.1, 0.15) is 17.3 Å². The first-order valence-corrected chi connectivity index (χ1v) is 6.61. The van der Waals surface area contributed by atoms with E-state index in [1.54, 1.807) is 30.3 Å². The molecule has 0 saturated heterocycles. The van der Waals surface area contributed by atoms with Crippen molar-refractivity contribution in [2.75, 3.05) is 0 Å². The number of rotatable bonds is 2. The minimum absolute atomic E-state index is 0.477. The Kier molecular flexibility index (Phi) is 4.23. The van der Waals surface area contributed by atoms with Crippen molar-refractivity contribution in [3.8, 4) is 0 Å². The van der Waals surface area contributed by atoms with Crippen LogP contribution in [0.15, 0.2) is 41.0 Å². The van der Waals surface area contributed by atoms with E-state index in [0.717, 1.165) is 0 Å². The molecule has 90 valence electrons. The largest absolute Gasteiger partial charge is 0.301 e. The molecule has 2 aromatic rings. The molecular formula is C13H7BrCl2N2. The van der Waals surface area contributed by atoms with Gasteiger partial charge in [0.1, 0.15) is 10.3 Å². The first-order chi connectivity index (χ1) is 8.63. The summed E-state index contributed by atoms with van der Waals surface area (Å²) < 4.78 is 0.678. The second kappa shape index (κ2) is 5.71. The zero-order valence-corrected chi connectivity index (χ0v) is 12.2. The molecular weight excluding hydrogens is 335 g/mol. The highest BCUT2D eigenvalue weighted by Crippen LogP contribution is 2.36. The minimum Gasteiger partial charge on any atom is -0.301 e.